The van der Waals surface area contributed by atoms with Crippen molar-refractivity contribution in [3.63, 3.8) is 0 Å². The van der Waals surface area contributed by atoms with E-state index in [0.717, 1.165) is 0 Å². The first kappa shape index (κ1) is 21.5. The van der Waals surface area contributed by atoms with Crippen molar-refractivity contribution < 1.29 is 9.53 Å². The summed E-state index contributed by atoms with van der Waals surface area (Å²) in [7, 11) is 1.27. The minimum atomic E-state index is -0.577. The summed E-state index contributed by atoms with van der Waals surface area (Å²) in [4.78, 5) is 16.8. The number of hydrogen-bond donors (Lipinski definition) is 0. The molecule has 0 radical (unpaired) electrons. The van der Waals surface area contributed by atoms with Gasteiger partial charge in [-0.2, -0.15) is 0 Å². The van der Waals surface area contributed by atoms with Crippen LogP contribution in [0.15, 0.2) is 36.4 Å². The van der Waals surface area contributed by atoms with Gasteiger partial charge in [0.05, 0.1) is 44.2 Å². The van der Waals surface area contributed by atoms with Crippen molar-refractivity contribution in [3.05, 3.63) is 72.1 Å². The van der Waals surface area contributed by atoms with Crippen molar-refractivity contribution in [3.8, 4) is 22.5 Å². The SMILES string of the molecule is COC(=O)c1cc(-c2c(Cl)cc(Cl)cc2Cl)nc(-c2c(Cl)cc(Cl)cc2Cl)c1. The number of pyridine rings is 1. The summed E-state index contributed by atoms with van der Waals surface area (Å²) < 4.78 is 4.84. The van der Waals surface area contributed by atoms with Gasteiger partial charge in [-0.1, -0.05) is 69.6 Å². The quantitative estimate of drug-likeness (QED) is 0.344. The van der Waals surface area contributed by atoms with Gasteiger partial charge in [0.25, 0.3) is 0 Å². The maximum absolute atomic E-state index is 12.2. The second-order valence-electron chi connectivity index (χ2n) is 5.61. The number of aromatic nitrogens is 1. The fourth-order valence-corrected chi connectivity index (χ4v) is 4.62. The summed E-state index contributed by atoms with van der Waals surface area (Å²) in [6.07, 6.45) is 0. The monoisotopic (exact) mass is 493 g/mol. The number of esters is 1. The van der Waals surface area contributed by atoms with E-state index in [1.807, 2.05) is 0 Å². The largest absolute Gasteiger partial charge is 0.465 e. The third-order valence-electron chi connectivity index (χ3n) is 3.77. The Morgan fingerprint density at radius 2 is 1.07 bits per heavy atom. The normalized spacial score (nSPS) is 10.8. The minimum absolute atomic E-state index is 0.215. The van der Waals surface area contributed by atoms with Crippen molar-refractivity contribution in [2.24, 2.45) is 0 Å². The summed E-state index contributed by atoms with van der Waals surface area (Å²) in [5.41, 5.74) is 1.67. The van der Waals surface area contributed by atoms with Crippen LogP contribution >= 0.6 is 69.6 Å². The Labute approximate surface area is 191 Å². The molecule has 0 aliphatic rings. The highest BCUT2D eigenvalue weighted by molar-refractivity contribution is 6.42. The molecule has 0 aliphatic heterocycles. The van der Waals surface area contributed by atoms with Gasteiger partial charge in [-0.25, -0.2) is 9.78 Å². The average Bonchev–Trinajstić information content (AvgIpc) is 2.59. The van der Waals surface area contributed by atoms with Gasteiger partial charge in [-0.05, 0) is 36.4 Å². The lowest BCUT2D eigenvalue weighted by Gasteiger charge is -2.13. The number of carbonyl (C=O) groups excluding carboxylic acids is 1. The molecule has 0 saturated carbocycles. The Bertz CT molecular complexity index is 978. The molecule has 0 unspecified atom stereocenters. The number of benzene rings is 2. The highest BCUT2D eigenvalue weighted by Crippen LogP contribution is 2.40. The first-order chi connectivity index (χ1) is 13.2. The van der Waals surface area contributed by atoms with E-state index in [4.69, 9.17) is 74.3 Å². The predicted molar refractivity (Wildman–Crippen MR) is 117 cm³/mol. The summed E-state index contributed by atoms with van der Waals surface area (Å²) in [5.74, 6) is -0.577. The number of hydrogen-bond acceptors (Lipinski definition) is 3. The molecule has 0 atom stereocenters. The Balaban J connectivity index is 2.33. The minimum Gasteiger partial charge on any atom is -0.465 e. The summed E-state index contributed by atoms with van der Waals surface area (Å²) in [6.45, 7) is 0. The van der Waals surface area contributed by atoms with E-state index in [2.05, 4.69) is 4.98 Å². The molecule has 0 amide bonds. The predicted octanol–water partition coefficient (Wildman–Crippen LogP) is 8.12. The van der Waals surface area contributed by atoms with Crippen molar-refractivity contribution >= 4 is 75.6 Å². The molecule has 3 rings (SSSR count). The van der Waals surface area contributed by atoms with Gasteiger partial charge in [-0.3, -0.25) is 0 Å². The van der Waals surface area contributed by atoms with E-state index >= 15 is 0 Å². The second-order valence-corrected chi connectivity index (χ2v) is 8.11. The summed E-state index contributed by atoms with van der Waals surface area (Å²) in [5, 5.41) is 1.81. The molecule has 0 bridgehead atoms. The van der Waals surface area contributed by atoms with Gasteiger partial charge in [0.15, 0.2) is 0 Å². The molecule has 9 heteroatoms. The molecule has 0 N–H and O–H groups in total. The van der Waals surface area contributed by atoms with Gasteiger partial charge in [-0.15, -0.1) is 0 Å². The molecule has 0 spiro atoms. The van der Waals surface area contributed by atoms with Gasteiger partial charge < -0.3 is 4.74 Å². The number of nitrogens with zero attached hydrogens (tertiary/aromatic N) is 1. The van der Waals surface area contributed by atoms with E-state index in [1.165, 1.54) is 43.5 Å². The number of carbonyl (C=O) groups is 1. The zero-order chi connectivity index (χ0) is 20.6. The molecule has 0 saturated heterocycles. The number of halogens is 6. The Morgan fingerprint density at radius 1 is 0.714 bits per heavy atom. The van der Waals surface area contributed by atoms with Gasteiger partial charge in [0.2, 0.25) is 0 Å². The third kappa shape index (κ3) is 4.35. The van der Waals surface area contributed by atoms with E-state index in [1.54, 1.807) is 0 Å². The summed E-state index contributed by atoms with van der Waals surface area (Å²) in [6, 6.07) is 9.12. The van der Waals surface area contributed by atoms with Crippen LogP contribution in [0, 0.1) is 0 Å². The van der Waals surface area contributed by atoms with Crippen LogP contribution < -0.4 is 0 Å². The second kappa shape index (κ2) is 8.66. The lowest BCUT2D eigenvalue weighted by Crippen LogP contribution is -2.04. The van der Waals surface area contributed by atoms with Crippen molar-refractivity contribution in [2.75, 3.05) is 7.11 Å². The Morgan fingerprint density at radius 3 is 1.39 bits per heavy atom. The fraction of sp³-hybridized carbons (Fsp3) is 0.0526. The number of methoxy groups -OCH3 is 1. The van der Waals surface area contributed by atoms with Crippen LogP contribution in [0.1, 0.15) is 10.4 Å². The highest BCUT2D eigenvalue weighted by atomic mass is 35.5. The van der Waals surface area contributed by atoms with Crippen molar-refractivity contribution in [1.29, 1.82) is 0 Å². The molecule has 2 aromatic carbocycles. The molecular formula is C19H9Cl6NO2. The summed E-state index contributed by atoms with van der Waals surface area (Å²) >= 11 is 37.3. The van der Waals surface area contributed by atoms with E-state index in [0.29, 0.717) is 32.6 Å². The van der Waals surface area contributed by atoms with Gasteiger partial charge in [0.1, 0.15) is 0 Å². The van der Waals surface area contributed by atoms with Crippen LogP contribution in [-0.4, -0.2) is 18.1 Å². The molecule has 3 aromatic rings. The van der Waals surface area contributed by atoms with Crippen LogP contribution in [-0.2, 0) is 4.74 Å². The van der Waals surface area contributed by atoms with Gasteiger partial charge in [0, 0.05) is 21.2 Å². The van der Waals surface area contributed by atoms with E-state index < -0.39 is 5.97 Å². The molecule has 0 fully saturated rings. The molecule has 28 heavy (non-hydrogen) atoms. The maximum Gasteiger partial charge on any atom is 0.338 e. The number of rotatable bonds is 3. The molecule has 3 nitrogen and oxygen atoms in total. The smallest absolute Gasteiger partial charge is 0.338 e. The van der Waals surface area contributed by atoms with E-state index in [-0.39, 0.29) is 25.7 Å². The van der Waals surface area contributed by atoms with Crippen LogP contribution in [0.5, 0.6) is 0 Å². The van der Waals surface area contributed by atoms with Crippen LogP contribution in [0.2, 0.25) is 30.1 Å². The van der Waals surface area contributed by atoms with Crippen LogP contribution in [0.25, 0.3) is 22.5 Å². The van der Waals surface area contributed by atoms with Crippen LogP contribution in [0.3, 0.4) is 0 Å². The third-order valence-corrected chi connectivity index (χ3v) is 5.40. The van der Waals surface area contributed by atoms with Crippen LogP contribution in [0.4, 0.5) is 0 Å². The zero-order valence-electron chi connectivity index (χ0n) is 14.0. The molecule has 144 valence electrons. The number of ether oxygens (including phenoxy) is 1. The molecule has 1 heterocycles. The van der Waals surface area contributed by atoms with E-state index in [9.17, 15) is 4.79 Å². The van der Waals surface area contributed by atoms with Crippen molar-refractivity contribution in [1.82, 2.24) is 4.98 Å². The Kier molecular flexibility index (Phi) is 6.65. The average molecular weight is 496 g/mol. The Hall–Kier alpha value is -1.20. The molecular weight excluding hydrogens is 487 g/mol. The highest BCUT2D eigenvalue weighted by Gasteiger charge is 2.20. The van der Waals surface area contributed by atoms with Gasteiger partial charge >= 0.3 is 5.97 Å². The lowest BCUT2D eigenvalue weighted by atomic mass is 10.0. The maximum atomic E-state index is 12.2. The molecule has 1 aromatic heterocycles. The standard InChI is InChI=1S/C19H9Cl6NO2/c1-28-19(27)8-2-15(17-11(22)4-9(20)5-12(17)23)26-16(3-8)18-13(24)6-10(21)7-14(18)25/h2-7H,1H3. The molecule has 0 aliphatic carbocycles. The fourth-order valence-electron chi connectivity index (χ4n) is 2.60. The first-order valence-corrected chi connectivity index (χ1v) is 9.88. The lowest BCUT2D eigenvalue weighted by molar-refractivity contribution is 0.0600. The zero-order valence-corrected chi connectivity index (χ0v) is 18.5. The topological polar surface area (TPSA) is 39.2 Å². The first-order valence-electron chi connectivity index (χ1n) is 7.61. The van der Waals surface area contributed by atoms with Crippen molar-refractivity contribution in [2.45, 2.75) is 0 Å².